The van der Waals surface area contributed by atoms with Crippen molar-refractivity contribution in [2.45, 2.75) is 0 Å². The van der Waals surface area contributed by atoms with E-state index in [2.05, 4.69) is 283 Å². The predicted octanol–water partition coefficient (Wildman–Crippen LogP) is 20.5. The Balaban J connectivity index is 0.914. The highest BCUT2D eigenvalue weighted by molar-refractivity contribution is 6.10. The summed E-state index contributed by atoms with van der Waals surface area (Å²) in [4.78, 5) is 4.94. The number of para-hydroxylation sites is 4. The van der Waals surface area contributed by atoms with Crippen LogP contribution in [0.1, 0.15) is 0 Å². The second-order valence-electron chi connectivity index (χ2n) is 19.6. The van der Waals surface area contributed by atoms with Crippen molar-refractivity contribution >= 4 is 56.1 Å². The van der Waals surface area contributed by atoms with Crippen molar-refractivity contribution in [1.82, 2.24) is 0 Å². The molecule has 0 bridgehead atoms. The lowest BCUT2D eigenvalue weighted by atomic mass is 9.90. The molecule has 75 heavy (non-hydrogen) atoms. The van der Waals surface area contributed by atoms with Crippen LogP contribution in [-0.2, 0) is 0 Å². The van der Waals surface area contributed by atoms with Crippen LogP contribution in [-0.4, -0.2) is 0 Å². The van der Waals surface area contributed by atoms with Gasteiger partial charge in [-0.2, -0.15) is 0 Å². The minimum atomic E-state index is 0.896. The van der Waals surface area contributed by atoms with E-state index in [9.17, 15) is 0 Å². The summed E-state index contributed by atoms with van der Waals surface area (Å²) in [5.41, 5.74) is 27.1. The van der Waals surface area contributed by atoms with Crippen LogP contribution in [0.15, 0.2) is 283 Å². The van der Waals surface area contributed by atoms with E-state index in [4.69, 9.17) is 4.42 Å². The van der Waals surface area contributed by atoms with E-state index in [0.717, 1.165) is 78.3 Å². The molecule has 13 aromatic rings. The average molecular weight is 955 g/mol. The number of nitrogens with zero attached hydrogens (tertiary/aromatic N) is 2. The van der Waals surface area contributed by atoms with Gasteiger partial charge >= 0.3 is 0 Å². The molecule has 2 aliphatic heterocycles. The van der Waals surface area contributed by atoms with Crippen molar-refractivity contribution in [2.24, 2.45) is 0 Å². The molecule has 0 saturated heterocycles. The molecule has 2 aliphatic rings. The zero-order valence-corrected chi connectivity index (χ0v) is 40.9. The molecule has 0 saturated carbocycles. The van der Waals surface area contributed by atoms with Gasteiger partial charge in [0, 0.05) is 50.0 Å². The van der Waals surface area contributed by atoms with Crippen LogP contribution in [0.3, 0.4) is 0 Å². The van der Waals surface area contributed by atoms with Gasteiger partial charge in [0.1, 0.15) is 11.2 Å². The Morgan fingerprint density at radius 2 is 0.627 bits per heavy atom. The van der Waals surface area contributed by atoms with Gasteiger partial charge in [-0.25, -0.2) is 0 Å². The summed E-state index contributed by atoms with van der Waals surface area (Å²) in [6.07, 6.45) is 0. The van der Waals surface area contributed by atoms with Crippen LogP contribution in [0.5, 0.6) is 0 Å². The largest absolute Gasteiger partial charge is 0.455 e. The number of benzene rings is 12. The Morgan fingerprint density at radius 3 is 1.21 bits per heavy atom. The summed E-state index contributed by atoms with van der Waals surface area (Å²) in [6.45, 7) is 0. The molecule has 3 nitrogen and oxygen atoms in total. The Morgan fingerprint density at radius 1 is 0.213 bits per heavy atom. The van der Waals surface area contributed by atoms with Crippen LogP contribution in [0, 0.1) is 0 Å². The summed E-state index contributed by atoms with van der Waals surface area (Å²) in [5, 5.41) is 2.25. The highest BCUT2D eigenvalue weighted by Gasteiger charge is 2.30. The van der Waals surface area contributed by atoms with Crippen LogP contribution in [0.2, 0.25) is 0 Å². The maximum atomic E-state index is 6.59. The zero-order chi connectivity index (χ0) is 49.4. The first-order valence-electron chi connectivity index (χ1n) is 25.7. The fourth-order valence-corrected chi connectivity index (χ4v) is 11.9. The molecule has 1 aromatic heterocycles. The molecule has 350 valence electrons. The third kappa shape index (κ3) is 7.05. The maximum absolute atomic E-state index is 6.59. The molecule has 12 aromatic carbocycles. The second kappa shape index (κ2) is 17.4. The Kier molecular flexibility index (Phi) is 9.89. The van der Waals surface area contributed by atoms with Gasteiger partial charge in [-0.3, -0.25) is 0 Å². The van der Waals surface area contributed by atoms with Crippen molar-refractivity contribution in [3.8, 4) is 89.0 Å². The first-order valence-corrected chi connectivity index (χ1v) is 25.7. The molecule has 0 fully saturated rings. The molecular weight excluding hydrogens is 909 g/mol. The van der Waals surface area contributed by atoms with E-state index in [1.54, 1.807) is 0 Å². The van der Waals surface area contributed by atoms with Gasteiger partial charge in [-0.1, -0.05) is 206 Å². The lowest BCUT2D eigenvalue weighted by molar-refractivity contribution is 0.670. The average Bonchev–Trinajstić information content (AvgIpc) is 3.81. The molecule has 0 aliphatic carbocycles. The number of anilines is 6. The van der Waals surface area contributed by atoms with E-state index < -0.39 is 0 Å². The molecule has 0 atom stereocenters. The standard InChI is InChI=1S/C72H46N2O/c1-3-19-47(20-4-1)52-41-53(48-21-5-2-6-22-48)44-55(43-52)74-68-35-15-12-30-62(68)58-26-8-10-28-60(58)66-46-50(38-40-70(66)74)49-37-39-69-65(45-49)59-27-9-7-25-57(59)61-29-11-14-34-67(61)73(69)54-24-17-23-51(42-54)56-32-18-33-64-63-31-13-16-36-71(63)75-72(56)64/h1-46H. The smallest absolute Gasteiger partial charge is 0.143 e. The highest BCUT2D eigenvalue weighted by atomic mass is 16.3. The van der Waals surface area contributed by atoms with Crippen molar-refractivity contribution in [3.05, 3.63) is 279 Å². The predicted molar refractivity (Wildman–Crippen MR) is 314 cm³/mol. The van der Waals surface area contributed by atoms with Crippen molar-refractivity contribution in [3.63, 3.8) is 0 Å². The first kappa shape index (κ1) is 42.7. The van der Waals surface area contributed by atoms with Crippen LogP contribution < -0.4 is 9.80 Å². The van der Waals surface area contributed by atoms with E-state index in [-0.39, 0.29) is 0 Å². The fraction of sp³-hybridized carbons (Fsp3) is 0. The van der Waals surface area contributed by atoms with Gasteiger partial charge in [0.05, 0.1) is 22.7 Å². The van der Waals surface area contributed by atoms with Gasteiger partial charge in [-0.05, 0) is 134 Å². The highest BCUT2D eigenvalue weighted by Crippen LogP contribution is 2.55. The molecule has 0 amide bonds. The van der Waals surface area contributed by atoms with Crippen LogP contribution in [0.25, 0.3) is 111 Å². The number of rotatable bonds is 6. The SMILES string of the molecule is c1ccc(-c2cc(-c3ccccc3)cc(N3c4ccccc4-c4ccccc4-c4cc(-c5ccc6c(c5)-c5ccccc5-c5ccccc5N6c5cccc(-c6cccc7c6oc6ccccc67)c5)ccc43)c2)cc1. The monoisotopic (exact) mass is 954 g/mol. The molecular formula is C72H46N2O. The Labute approximate surface area is 436 Å². The first-order chi connectivity index (χ1) is 37.2. The minimum Gasteiger partial charge on any atom is -0.455 e. The zero-order valence-electron chi connectivity index (χ0n) is 40.9. The lowest BCUT2D eigenvalue weighted by Gasteiger charge is -2.29. The third-order valence-corrected chi connectivity index (χ3v) is 15.3. The van der Waals surface area contributed by atoms with Gasteiger partial charge in [0.2, 0.25) is 0 Å². The molecule has 3 heterocycles. The Hall–Kier alpha value is -9.96. The topological polar surface area (TPSA) is 19.6 Å². The van der Waals surface area contributed by atoms with Crippen LogP contribution >= 0.6 is 0 Å². The summed E-state index contributed by atoms with van der Waals surface area (Å²) >= 11 is 0. The van der Waals surface area contributed by atoms with E-state index >= 15 is 0 Å². The third-order valence-electron chi connectivity index (χ3n) is 15.3. The number of furan rings is 1. The molecule has 0 spiro atoms. The van der Waals surface area contributed by atoms with E-state index in [1.165, 1.54) is 66.8 Å². The fourth-order valence-electron chi connectivity index (χ4n) is 11.9. The molecule has 0 radical (unpaired) electrons. The molecule has 0 N–H and O–H groups in total. The van der Waals surface area contributed by atoms with Gasteiger partial charge in [0.15, 0.2) is 0 Å². The van der Waals surface area contributed by atoms with Gasteiger partial charge in [-0.15, -0.1) is 0 Å². The van der Waals surface area contributed by atoms with Crippen molar-refractivity contribution in [2.75, 3.05) is 9.80 Å². The summed E-state index contributed by atoms with van der Waals surface area (Å²) in [7, 11) is 0. The molecule has 15 rings (SSSR count). The van der Waals surface area contributed by atoms with Gasteiger partial charge in [0.25, 0.3) is 0 Å². The van der Waals surface area contributed by atoms with Crippen molar-refractivity contribution < 1.29 is 4.42 Å². The summed E-state index contributed by atoms with van der Waals surface area (Å²) in [6, 6.07) is 102. The second-order valence-corrected chi connectivity index (χ2v) is 19.6. The number of fused-ring (bicyclic) bond motifs is 13. The van der Waals surface area contributed by atoms with E-state index in [1.807, 2.05) is 6.07 Å². The van der Waals surface area contributed by atoms with Crippen LogP contribution in [0.4, 0.5) is 34.1 Å². The normalized spacial score (nSPS) is 12.2. The summed E-state index contributed by atoms with van der Waals surface area (Å²) in [5.74, 6) is 0. The quantitative estimate of drug-likeness (QED) is 0.166. The number of hydrogen-bond donors (Lipinski definition) is 0. The molecule has 0 unspecified atom stereocenters. The number of hydrogen-bond acceptors (Lipinski definition) is 3. The van der Waals surface area contributed by atoms with Gasteiger partial charge < -0.3 is 14.2 Å². The summed E-state index contributed by atoms with van der Waals surface area (Å²) < 4.78 is 6.59. The lowest BCUT2D eigenvalue weighted by Crippen LogP contribution is -2.11. The van der Waals surface area contributed by atoms with E-state index in [0.29, 0.717) is 0 Å². The Bertz CT molecular complexity index is 4320. The minimum absolute atomic E-state index is 0.896. The maximum Gasteiger partial charge on any atom is 0.143 e. The van der Waals surface area contributed by atoms with Crippen molar-refractivity contribution in [1.29, 1.82) is 0 Å². The molecule has 3 heteroatoms.